The first-order chi connectivity index (χ1) is 6.81. The highest BCUT2D eigenvalue weighted by Crippen LogP contribution is 2.05. The lowest BCUT2D eigenvalue weighted by molar-refractivity contribution is -0.119. The van der Waals surface area contributed by atoms with Crippen LogP contribution in [0.5, 0.6) is 0 Å². The van der Waals surface area contributed by atoms with Crippen molar-refractivity contribution in [1.82, 2.24) is 0 Å². The van der Waals surface area contributed by atoms with E-state index >= 15 is 0 Å². The fourth-order valence-electron chi connectivity index (χ4n) is 1.22. The minimum atomic E-state index is 0.252. The largest absolute Gasteiger partial charge is 0.303 e. The van der Waals surface area contributed by atoms with Gasteiger partial charge in [-0.2, -0.15) is 0 Å². The summed E-state index contributed by atoms with van der Waals surface area (Å²) >= 11 is 0. The molecular formula is C11H18O3. The Balaban J connectivity index is 3.19. The summed E-state index contributed by atoms with van der Waals surface area (Å²) < 4.78 is 0. The number of ketones is 1. The van der Waals surface area contributed by atoms with Crippen LogP contribution in [-0.4, -0.2) is 18.4 Å². The maximum atomic E-state index is 11.2. The number of carbonyl (C=O) groups excluding carboxylic acids is 3. The summed E-state index contributed by atoms with van der Waals surface area (Å²) in [5, 5.41) is 0. The first-order valence-electron chi connectivity index (χ1n) is 5.20. The molecule has 0 bridgehead atoms. The molecule has 0 saturated carbocycles. The standard InChI is InChI=1S/C11H18O3/c12-9-5-1-3-7-11(14)8-4-2-6-10-13/h9-10H,1-8H2. The van der Waals surface area contributed by atoms with Crippen molar-refractivity contribution in [2.45, 2.75) is 51.4 Å². The summed E-state index contributed by atoms with van der Waals surface area (Å²) in [5.74, 6) is 0.252. The van der Waals surface area contributed by atoms with Crippen LogP contribution < -0.4 is 0 Å². The third-order valence-corrected chi connectivity index (χ3v) is 2.06. The van der Waals surface area contributed by atoms with Crippen LogP contribution in [0.3, 0.4) is 0 Å². The Morgan fingerprint density at radius 2 is 1.21 bits per heavy atom. The molecular weight excluding hydrogens is 180 g/mol. The topological polar surface area (TPSA) is 51.2 Å². The van der Waals surface area contributed by atoms with E-state index < -0.39 is 0 Å². The van der Waals surface area contributed by atoms with E-state index in [1.165, 1.54) is 0 Å². The first kappa shape index (κ1) is 13.0. The highest BCUT2D eigenvalue weighted by Gasteiger charge is 2.00. The molecule has 0 fully saturated rings. The molecule has 0 aliphatic carbocycles. The summed E-state index contributed by atoms with van der Waals surface area (Å²) in [5.41, 5.74) is 0. The van der Waals surface area contributed by atoms with Crippen LogP contribution in [0.4, 0.5) is 0 Å². The highest BCUT2D eigenvalue weighted by molar-refractivity contribution is 5.78. The van der Waals surface area contributed by atoms with Crippen LogP contribution in [-0.2, 0) is 14.4 Å². The van der Waals surface area contributed by atoms with Crippen molar-refractivity contribution in [2.75, 3.05) is 0 Å². The highest BCUT2D eigenvalue weighted by atomic mass is 16.1. The van der Waals surface area contributed by atoms with Gasteiger partial charge in [0.15, 0.2) is 0 Å². The third-order valence-electron chi connectivity index (χ3n) is 2.06. The molecule has 0 radical (unpaired) electrons. The van der Waals surface area contributed by atoms with Gasteiger partial charge in [0.05, 0.1) is 0 Å². The van der Waals surface area contributed by atoms with E-state index in [-0.39, 0.29) is 5.78 Å². The van der Waals surface area contributed by atoms with Crippen molar-refractivity contribution >= 4 is 18.4 Å². The molecule has 0 amide bonds. The smallest absolute Gasteiger partial charge is 0.132 e. The second-order valence-electron chi connectivity index (χ2n) is 3.36. The molecule has 0 aromatic heterocycles. The molecule has 0 heterocycles. The summed E-state index contributed by atoms with van der Waals surface area (Å²) in [7, 11) is 0. The molecule has 0 rings (SSSR count). The number of unbranched alkanes of at least 4 members (excludes halogenated alkanes) is 4. The number of hydrogen-bond acceptors (Lipinski definition) is 3. The lowest BCUT2D eigenvalue weighted by atomic mass is 10.1. The first-order valence-corrected chi connectivity index (χ1v) is 5.20. The van der Waals surface area contributed by atoms with E-state index in [0.29, 0.717) is 25.7 Å². The quantitative estimate of drug-likeness (QED) is 0.399. The predicted molar refractivity (Wildman–Crippen MR) is 54.1 cm³/mol. The fraction of sp³-hybridized carbons (Fsp3) is 0.727. The molecule has 3 heteroatoms. The molecule has 0 aliphatic heterocycles. The van der Waals surface area contributed by atoms with Gasteiger partial charge in [0.2, 0.25) is 0 Å². The van der Waals surface area contributed by atoms with Crippen molar-refractivity contribution in [3.05, 3.63) is 0 Å². The second-order valence-corrected chi connectivity index (χ2v) is 3.36. The van der Waals surface area contributed by atoms with Crippen LogP contribution in [0.2, 0.25) is 0 Å². The van der Waals surface area contributed by atoms with Crippen LogP contribution >= 0.6 is 0 Å². The Hall–Kier alpha value is -0.990. The number of Topliss-reactive ketones (excluding diaryl/α,β-unsaturated/α-hetero) is 1. The summed E-state index contributed by atoms with van der Waals surface area (Å²) in [4.78, 5) is 31.1. The van der Waals surface area contributed by atoms with Crippen LogP contribution in [0.25, 0.3) is 0 Å². The number of hydrogen-bond donors (Lipinski definition) is 0. The SMILES string of the molecule is O=CCCCCC(=O)CCCCC=O. The van der Waals surface area contributed by atoms with Gasteiger partial charge in [-0.1, -0.05) is 0 Å². The van der Waals surface area contributed by atoms with Crippen molar-refractivity contribution < 1.29 is 14.4 Å². The zero-order chi connectivity index (χ0) is 10.6. The Bertz CT molecular complexity index is 157. The fourth-order valence-corrected chi connectivity index (χ4v) is 1.22. The molecule has 14 heavy (non-hydrogen) atoms. The lowest BCUT2D eigenvalue weighted by Crippen LogP contribution is -1.97. The van der Waals surface area contributed by atoms with E-state index in [4.69, 9.17) is 0 Å². The van der Waals surface area contributed by atoms with Crippen LogP contribution in [0.1, 0.15) is 51.4 Å². The Morgan fingerprint density at radius 1 is 0.786 bits per heavy atom. The van der Waals surface area contributed by atoms with Gasteiger partial charge in [-0.25, -0.2) is 0 Å². The number of rotatable bonds is 10. The maximum Gasteiger partial charge on any atom is 0.132 e. The zero-order valence-corrected chi connectivity index (χ0v) is 8.54. The molecule has 3 nitrogen and oxygen atoms in total. The molecule has 0 saturated heterocycles. The van der Waals surface area contributed by atoms with E-state index in [1.807, 2.05) is 0 Å². The summed E-state index contributed by atoms with van der Waals surface area (Å²) in [6.45, 7) is 0. The van der Waals surface area contributed by atoms with E-state index in [2.05, 4.69) is 0 Å². The van der Waals surface area contributed by atoms with E-state index in [0.717, 1.165) is 38.3 Å². The van der Waals surface area contributed by atoms with E-state index in [9.17, 15) is 14.4 Å². The number of carbonyl (C=O) groups is 3. The van der Waals surface area contributed by atoms with Gasteiger partial charge in [0.25, 0.3) is 0 Å². The van der Waals surface area contributed by atoms with Gasteiger partial charge < -0.3 is 9.59 Å². The molecule has 0 atom stereocenters. The van der Waals surface area contributed by atoms with Gasteiger partial charge in [-0.15, -0.1) is 0 Å². The van der Waals surface area contributed by atoms with Crippen molar-refractivity contribution in [2.24, 2.45) is 0 Å². The molecule has 0 N–H and O–H groups in total. The van der Waals surface area contributed by atoms with Crippen molar-refractivity contribution in [3.8, 4) is 0 Å². The van der Waals surface area contributed by atoms with Crippen molar-refractivity contribution in [3.63, 3.8) is 0 Å². The molecule has 0 aromatic rings. The van der Waals surface area contributed by atoms with Gasteiger partial charge in [0.1, 0.15) is 18.4 Å². The monoisotopic (exact) mass is 198 g/mol. The Morgan fingerprint density at radius 3 is 1.57 bits per heavy atom. The molecule has 0 spiro atoms. The van der Waals surface area contributed by atoms with Gasteiger partial charge in [0, 0.05) is 25.7 Å². The normalized spacial score (nSPS) is 9.71. The van der Waals surface area contributed by atoms with Crippen LogP contribution in [0, 0.1) is 0 Å². The zero-order valence-electron chi connectivity index (χ0n) is 8.54. The lowest BCUT2D eigenvalue weighted by Gasteiger charge is -1.98. The minimum Gasteiger partial charge on any atom is -0.303 e. The molecule has 0 aliphatic rings. The minimum absolute atomic E-state index is 0.252. The average molecular weight is 198 g/mol. The molecule has 0 unspecified atom stereocenters. The third kappa shape index (κ3) is 9.10. The molecule has 80 valence electrons. The van der Waals surface area contributed by atoms with E-state index in [1.54, 1.807) is 0 Å². The summed E-state index contributed by atoms with van der Waals surface area (Å²) in [6, 6.07) is 0. The van der Waals surface area contributed by atoms with Gasteiger partial charge in [-0.3, -0.25) is 4.79 Å². The average Bonchev–Trinajstić information content (AvgIpc) is 2.19. The Labute approximate surface area is 84.9 Å². The Kier molecular flexibility index (Phi) is 9.38. The van der Waals surface area contributed by atoms with Gasteiger partial charge in [-0.05, 0) is 25.7 Å². The van der Waals surface area contributed by atoms with Crippen molar-refractivity contribution in [1.29, 1.82) is 0 Å². The van der Waals surface area contributed by atoms with Crippen LogP contribution in [0.15, 0.2) is 0 Å². The maximum absolute atomic E-state index is 11.2. The predicted octanol–water partition coefficient (Wildman–Crippen LogP) is 2.07. The van der Waals surface area contributed by atoms with Gasteiger partial charge >= 0.3 is 0 Å². The second kappa shape index (κ2) is 10.1. The summed E-state index contributed by atoms with van der Waals surface area (Å²) in [6.07, 6.45) is 7.27. The number of aldehydes is 2. The molecule has 0 aromatic carbocycles.